The molecular weight excluding hydrogens is 268 g/mol. The van der Waals surface area contributed by atoms with Crippen LogP contribution in [0, 0.1) is 11.8 Å². The molecule has 0 aromatic carbocycles. The van der Waals surface area contributed by atoms with E-state index in [2.05, 4.69) is 0 Å². The van der Waals surface area contributed by atoms with Gasteiger partial charge >= 0.3 is 11.9 Å². The second kappa shape index (κ2) is 5.42. The van der Waals surface area contributed by atoms with Crippen molar-refractivity contribution < 1.29 is 42.2 Å². The first-order valence-corrected chi connectivity index (χ1v) is 4.07. The van der Waals surface area contributed by atoms with Crippen molar-refractivity contribution in [2.75, 3.05) is 0 Å². The molecule has 0 aromatic rings. The molecule has 13 heavy (non-hydrogen) atoms. The van der Waals surface area contributed by atoms with E-state index in [4.69, 9.17) is 10.2 Å². The maximum absolute atomic E-state index is 10.5. The van der Waals surface area contributed by atoms with Crippen LogP contribution in [0.1, 0.15) is 25.7 Å². The van der Waals surface area contributed by atoms with Crippen molar-refractivity contribution in [1.29, 1.82) is 0 Å². The van der Waals surface area contributed by atoms with Crippen LogP contribution in [0.3, 0.4) is 0 Å². The van der Waals surface area contributed by atoms with Gasteiger partial charge in [-0.2, -0.15) is 0 Å². The Morgan fingerprint density at radius 3 is 1.69 bits per heavy atom. The molecule has 0 heterocycles. The minimum Gasteiger partial charge on any atom is -0.481 e. The molecule has 79 valence electrons. The van der Waals surface area contributed by atoms with E-state index in [0.717, 1.165) is 0 Å². The van der Waals surface area contributed by atoms with Crippen molar-refractivity contribution in [2.24, 2.45) is 11.8 Å². The van der Waals surface area contributed by atoms with Gasteiger partial charge in [0.15, 0.2) is 0 Å². The van der Waals surface area contributed by atoms with Crippen LogP contribution in [-0.4, -0.2) is 22.2 Å². The molecule has 0 spiro atoms. The first-order chi connectivity index (χ1) is 5.61. The van der Waals surface area contributed by atoms with Crippen LogP contribution in [-0.2, 0) is 32.0 Å². The monoisotopic (exact) mass is 279 g/mol. The molecule has 1 rings (SSSR count). The second-order valence-electron chi connectivity index (χ2n) is 3.24. The van der Waals surface area contributed by atoms with Crippen molar-refractivity contribution in [1.82, 2.24) is 0 Å². The van der Waals surface area contributed by atoms with Gasteiger partial charge in [-0.1, -0.05) is 6.42 Å². The Labute approximate surface area is 91.8 Å². The third-order valence-electron chi connectivity index (χ3n) is 2.37. The zero-order valence-electron chi connectivity index (χ0n) is 7.00. The van der Waals surface area contributed by atoms with E-state index in [1.165, 1.54) is 0 Å². The fraction of sp³-hybridized carbons (Fsp3) is 0.750. The number of hydrogen-bond acceptors (Lipinski definition) is 2. The standard InChI is InChI=1S/C8H12O4.Ag/c9-7(10)5-2-1-3-6(4-5)8(11)12;/h5-6H,1-4H2,(H,9,10)(H,11,12);. The molecule has 4 nitrogen and oxygen atoms in total. The molecule has 1 aliphatic rings. The van der Waals surface area contributed by atoms with E-state index in [-0.39, 0.29) is 22.4 Å². The number of hydrogen-bond donors (Lipinski definition) is 2. The summed E-state index contributed by atoms with van der Waals surface area (Å²) in [5.41, 5.74) is 0. The molecule has 2 atom stereocenters. The maximum Gasteiger partial charge on any atom is 0.306 e. The predicted octanol–water partition coefficient (Wildman–Crippen LogP) is 0.960. The third kappa shape index (κ3) is 3.50. The fourth-order valence-electron chi connectivity index (χ4n) is 1.64. The minimum absolute atomic E-state index is 0. The van der Waals surface area contributed by atoms with Gasteiger partial charge in [0.2, 0.25) is 0 Å². The average Bonchev–Trinajstić information content (AvgIpc) is 2.04. The van der Waals surface area contributed by atoms with Crippen LogP contribution in [0.2, 0.25) is 0 Å². The van der Waals surface area contributed by atoms with Crippen LogP contribution in [0.5, 0.6) is 0 Å². The molecule has 1 saturated carbocycles. The van der Waals surface area contributed by atoms with Crippen molar-refractivity contribution >= 4 is 11.9 Å². The normalized spacial score (nSPS) is 27.4. The molecule has 1 radical (unpaired) electrons. The molecule has 0 amide bonds. The summed E-state index contributed by atoms with van der Waals surface area (Å²) in [5.74, 6) is -2.61. The van der Waals surface area contributed by atoms with Gasteiger partial charge in [0.25, 0.3) is 0 Å². The zero-order chi connectivity index (χ0) is 9.14. The Bertz CT molecular complexity index is 184. The summed E-state index contributed by atoms with van der Waals surface area (Å²) in [7, 11) is 0. The van der Waals surface area contributed by atoms with Crippen LogP contribution in [0.15, 0.2) is 0 Å². The first kappa shape index (κ1) is 12.7. The van der Waals surface area contributed by atoms with Gasteiger partial charge in [0.1, 0.15) is 0 Å². The third-order valence-corrected chi connectivity index (χ3v) is 2.37. The van der Waals surface area contributed by atoms with Crippen molar-refractivity contribution in [2.45, 2.75) is 25.7 Å². The summed E-state index contributed by atoms with van der Waals surface area (Å²) in [6, 6.07) is 0. The van der Waals surface area contributed by atoms with E-state index < -0.39 is 23.8 Å². The molecule has 0 aliphatic heterocycles. The van der Waals surface area contributed by atoms with Gasteiger partial charge in [-0.3, -0.25) is 9.59 Å². The fourth-order valence-corrected chi connectivity index (χ4v) is 1.64. The molecular formula is C8H12AgO4. The smallest absolute Gasteiger partial charge is 0.306 e. The van der Waals surface area contributed by atoms with Gasteiger partial charge in [0, 0.05) is 22.4 Å². The Morgan fingerprint density at radius 2 is 1.38 bits per heavy atom. The quantitative estimate of drug-likeness (QED) is 0.739. The number of aliphatic carboxylic acids is 2. The SMILES string of the molecule is O=C(O)C1CCCC(C(=O)O)C1.[Ag]. The number of carboxylic acid groups (broad SMARTS) is 2. The Hall–Kier alpha value is -0.320. The van der Waals surface area contributed by atoms with Crippen LogP contribution < -0.4 is 0 Å². The Balaban J connectivity index is 0.00000144. The zero-order valence-corrected chi connectivity index (χ0v) is 8.48. The van der Waals surface area contributed by atoms with E-state index in [1.807, 2.05) is 0 Å². The van der Waals surface area contributed by atoms with Crippen molar-refractivity contribution in [3.05, 3.63) is 0 Å². The maximum atomic E-state index is 10.5. The Kier molecular flexibility index (Phi) is 5.29. The van der Waals surface area contributed by atoms with Crippen molar-refractivity contribution in [3.8, 4) is 0 Å². The van der Waals surface area contributed by atoms with E-state index in [1.54, 1.807) is 0 Å². The van der Waals surface area contributed by atoms with Gasteiger partial charge in [-0.25, -0.2) is 0 Å². The predicted molar refractivity (Wildman–Crippen MR) is 40.7 cm³/mol. The van der Waals surface area contributed by atoms with Gasteiger partial charge < -0.3 is 10.2 Å². The number of carbonyl (C=O) groups is 2. The summed E-state index contributed by atoms with van der Waals surface area (Å²) in [4.78, 5) is 21.1. The van der Waals surface area contributed by atoms with Gasteiger partial charge in [0.05, 0.1) is 11.8 Å². The molecule has 1 aliphatic carbocycles. The summed E-state index contributed by atoms with van der Waals surface area (Å²) >= 11 is 0. The largest absolute Gasteiger partial charge is 0.481 e. The second-order valence-corrected chi connectivity index (χ2v) is 3.24. The van der Waals surface area contributed by atoms with Crippen LogP contribution >= 0.6 is 0 Å². The van der Waals surface area contributed by atoms with Gasteiger partial charge in [-0.15, -0.1) is 0 Å². The topological polar surface area (TPSA) is 74.6 Å². The summed E-state index contributed by atoms with van der Waals surface area (Å²) in [6.45, 7) is 0. The number of carboxylic acids is 2. The average molecular weight is 280 g/mol. The molecule has 2 unspecified atom stereocenters. The van der Waals surface area contributed by atoms with Crippen molar-refractivity contribution in [3.63, 3.8) is 0 Å². The summed E-state index contributed by atoms with van der Waals surface area (Å²) in [5, 5.41) is 17.3. The molecule has 1 fully saturated rings. The summed E-state index contributed by atoms with van der Waals surface area (Å²) < 4.78 is 0. The van der Waals surface area contributed by atoms with E-state index in [9.17, 15) is 9.59 Å². The van der Waals surface area contributed by atoms with E-state index >= 15 is 0 Å². The van der Waals surface area contributed by atoms with Gasteiger partial charge in [-0.05, 0) is 19.3 Å². The number of rotatable bonds is 2. The molecule has 0 aromatic heterocycles. The van der Waals surface area contributed by atoms with Crippen LogP contribution in [0.4, 0.5) is 0 Å². The Morgan fingerprint density at radius 1 is 1.00 bits per heavy atom. The molecule has 2 N–H and O–H groups in total. The molecule has 5 heteroatoms. The molecule has 0 bridgehead atoms. The van der Waals surface area contributed by atoms with Crippen LogP contribution in [0.25, 0.3) is 0 Å². The minimum atomic E-state index is -0.860. The van der Waals surface area contributed by atoms with E-state index in [0.29, 0.717) is 25.7 Å². The first-order valence-electron chi connectivity index (χ1n) is 4.07. The molecule has 0 saturated heterocycles. The summed E-state index contributed by atoms with van der Waals surface area (Å²) in [6.07, 6.45) is 2.26.